The highest BCUT2D eigenvalue weighted by molar-refractivity contribution is 7.91. The lowest BCUT2D eigenvalue weighted by Gasteiger charge is -2.32. The van der Waals surface area contributed by atoms with Crippen LogP contribution in [0.1, 0.15) is 32.3 Å². The minimum absolute atomic E-state index is 0.0211. The molecule has 2 N–H and O–H groups in total. The number of hydrogen-bond donors (Lipinski definition) is 2. The zero-order valence-corrected chi connectivity index (χ0v) is 20.0. The lowest BCUT2D eigenvalue weighted by molar-refractivity contribution is -0.272. The van der Waals surface area contributed by atoms with Crippen molar-refractivity contribution in [1.29, 1.82) is 4.78 Å². The van der Waals surface area contributed by atoms with Crippen molar-refractivity contribution in [3.63, 3.8) is 0 Å². The Balaban J connectivity index is 2.10. The summed E-state index contributed by atoms with van der Waals surface area (Å²) in [5.41, 5.74) is -2.92. The predicted molar refractivity (Wildman–Crippen MR) is 117 cm³/mol. The first kappa shape index (κ1) is 26.8. The van der Waals surface area contributed by atoms with E-state index in [2.05, 4.69) is 10.3 Å². The average Bonchev–Trinajstić information content (AvgIpc) is 3.03. The van der Waals surface area contributed by atoms with Crippen LogP contribution in [0.4, 0.5) is 27.6 Å². The molecule has 1 fully saturated rings. The predicted octanol–water partition coefficient (Wildman–Crippen LogP) is 4.87. The summed E-state index contributed by atoms with van der Waals surface area (Å²) in [5.74, 6) is -7.02. The normalized spacial score (nSPS) is 26.3. The van der Waals surface area contributed by atoms with E-state index in [9.17, 15) is 31.0 Å². The fourth-order valence-electron chi connectivity index (χ4n) is 4.04. The summed E-state index contributed by atoms with van der Waals surface area (Å²) >= 11 is 0. The molecular formula is C22H24F5N3O4S. The van der Waals surface area contributed by atoms with Crippen molar-refractivity contribution >= 4 is 21.3 Å². The molecular weight excluding hydrogens is 497 g/mol. The molecule has 0 bridgehead atoms. The van der Waals surface area contributed by atoms with Crippen LogP contribution in [0.25, 0.3) is 0 Å². The van der Waals surface area contributed by atoms with E-state index in [0.717, 1.165) is 31.4 Å². The van der Waals surface area contributed by atoms with E-state index in [0.29, 0.717) is 0 Å². The van der Waals surface area contributed by atoms with Gasteiger partial charge in [-0.2, -0.15) is 17.6 Å². The number of amides is 1. The molecule has 0 aliphatic carbocycles. The van der Waals surface area contributed by atoms with Crippen molar-refractivity contribution in [1.82, 2.24) is 4.98 Å². The number of carbonyl (C=O) groups excluding carboxylic acids is 1. The number of nitrogens with one attached hydrogen (secondary N) is 2. The summed E-state index contributed by atoms with van der Waals surface area (Å²) in [5, 5.41) is 2.25. The van der Waals surface area contributed by atoms with E-state index >= 15 is 0 Å². The Bertz CT molecular complexity index is 1240. The minimum atomic E-state index is -4.90. The summed E-state index contributed by atoms with van der Waals surface area (Å²) in [6.45, 7) is 3.38. The highest BCUT2D eigenvalue weighted by atomic mass is 32.2. The van der Waals surface area contributed by atoms with Gasteiger partial charge in [-0.25, -0.2) is 18.4 Å². The summed E-state index contributed by atoms with van der Waals surface area (Å²) in [6, 6.07) is 4.28. The van der Waals surface area contributed by atoms with Crippen LogP contribution < -0.4 is 10.1 Å². The van der Waals surface area contributed by atoms with Gasteiger partial charge in [0.05, 0.1) is 16.3 Å². The molecule has 1 amide bonds. The van der Waals surface area contributed by atoms with Crippen LogP contribution in [0.15, 0.2) is 35.5 Å². The minimum Gasteiger partial charge on any atom is -0.490 e. The molecule has 1 aliphatic heterocycles. The van der Waals surface area contributed by atoms with Gasteiger partial charge in [0.15, 0.2) is 17.2 Å². The third kappa shape index (κ3) is 4.96. The smallest absolute Gasteiger partial charge is 0.417 e. The van der Waals surface area contributed by atoms with Crippen molar-refractivity contribution in [3.8, 4) is 5.75 Å². The van der Waals surface area contributed by atoms with Crippen molar-refractivity contribution in [2.75, 3.05) is 18.2 Å². The van der Waals surface area contributed by atoms with E-state index in [-0.39, 0.29) is 22.9 Å². The number of nitrogens with zero attached hydrogens (tertiary/aromatic N) is 1. The molecule has 35 heavy (non-hydrogen) atoms. The fraction of sp³-hybridized carbons (Fsp3) is 0.455. The first-order valence-electron chi connectivity index (χ1n) is 10.5. The maximum Gasteiger partial charge on any atom is 0.417 e. The average molecular weight is 522 g/mol. The van der Waals surface area contributed by atoms with Gasteiger partial charge >= 0.3 is 6.18 Å². The zero-order valence-electron chi connectivity index (χ0n) is 19.2. The van der Waals surface area contributed by atoms with Crippen LogP contribution in [0, 0.1) is 22.3 Å². The van der Waals surface area contributed by atoms with Crippen molar-refractivity contribution in [2.24, 2.45) is 5.92 Å². The van der Waals surface area contributed by atoms with Gasteiger partial charge in [0, 0.05) is 35.5 Å². The van der Waals surface area contributed by atoms with Gasteiger partial charge in [0.2, 0.25) is 5.82 Å². The summed E-state index contributed by atoms with van der Waals surface area (Å²) in [7, 11) is -3.24. The molecule has 1 aromatic heterocycles. The van der Waals surface area contributed by atoms with E-state index in [1.807, 2.05) is 0 Å². The lowest BCUT2D eigenvalue weighted by atomic mass is 9.77. The zero-order chi connectivity index (χ0) is 26.3. The molecule has 13 heteroatoms. The largest absolute Gasteiger partial charge is 0.490 e. The maximum atomic E-state index is 14.6. The summed E-state index contributed by atoms with van der Waals surface area (Å²) in [4.78, 5) is 17.0. The lowest BCUT2D eigenvalue weighted by Crippen LogP contribution is -2.47. The topological polar surface area (TPSA) is 101 Å². The summed E-state index contributed by atoms with van der Waals surface area (Å²) in [6.07, 6.45) is -4.38. The molecule has 7 nitrogen and oxygen atoms in total. The SMILES string of the molecule is CCOc1c(C2C(C(=O)Nc3ccnc(S(C)(=N)=O)c3)O[C@@](C)(C(F)(F)F)[C@H]2C)ccc(F)c1F. The number of alkyl halides is 3. The van der Waals surface area contributed by atoms with Crippen LogP contribution in [0.5, 0.6) is 5.75 Å². The number of benzene rings is 1. The van der Waals surface area contributed by atoms with Gasteiger partial charge in [0.25, 0.3) is 5.91 Å². The van der Waals surface area contributed by atoms with Gasteiger partial charge in [-0.15, -0.1) is 0 Å². The Morgan fingerprint density at radius 2 is 1.97 bits per heavy atom. The first-order chi connectivity index (χ1) is 16.1. The third-order valence-electron chi connectivity index (χ3n) is 6.06. The second-order valence-electron chi connectivity index (χ2n) is 8.39. The Labute approximate surface area is 199 Å². The number of rotatable bonds is 6. The molecule has 192 valence electrons. The quantitative estimate of drug-likeness (QED) is 0.528. The van der Waals surface area contributed by atoms with Gasteiger partial charge in [-0.3, -0.25) is 4.79 Å². The number of pyridine rings is 1. The fourth-order valence-corrected chi connectivity index (χ4v) is 4.65. The number of ether oxygens (including phenoxy) is 2. The van der Waals surface area contributed by atoms with E-state index in [1.165, 1.54) is 26.1 Å². The molecule has 1 saturated heterocycles. The van der Waals surface area contributed by atoms with Crippen LogP contribution in [0.2, 0.25) is 0 Å². The van der Waals surface area contributed by atoms with Crippen molar-refractivity contribution in [2.45, 2.75) is 49.6 Å². The van der Waals surface area contributed by atoms with Crippen molar-refractivity contribution in [3.05, 3.63) is 47.7 Å². The van der Waals surface area contributed by atoms with Crippen LogP contribution >= 0.6 is 0 Å². The molecule has 3 rings (SSSR count). The van der Waals surface area contributed by atoms with Crippen molar-refractivity contribution < 1.29 is 40.4 Å². The van der Waals surface area contributed by atoms with E-state index in [1.54, 1.807) is 0 Å². The molecule has 0 saturated carbocycles. The van der Waals surface area contributed by atoms with Gasteiger partial charge in [-0.1, -0.05) is 13.0 Å². The Hall–Kier alpha value is -2.80. The van der Waals surface area contributed by atoms with Crippen LogP contribution in [0.3, 0.4) is 0 Å². The number of hydrogen-bond acceptors (Lipinski definition) is 6. The van der Waals surface area contributed by atoms with Crippen LogP contribution in [-0.4, -0.2) is 45.8 Å². The summed E-state index contributed by atoms with van der Waals surface area (Å²) < 4.78 is 101. The molecule has 2 aromatic rings. The first-order valence-corrected chi connectivity index (χ1v) is 12.4. The van der Waals surface area contributed by atoms with Gasteiger partial charge in [-0.05, 0) is 32.0 Å². The monoisotopic (exact) mass is 521 g/mol. The Morgan fingerprint density at radius 1 is 1.31 bits per heavy atom. The second-order valence-corrected chi connectivity index (χ2v) is 10.5. The highest BCUT2D eigenvalue weighted by Gasteiger charge is 2.65. The molecule has 1 aromatic carbocycles. The number of aromatic nitrogens is 1. The molecule has 0 spiro atoms. The number of anilines is 1. The maximum absolute atomic E-state index is 14.6. The van der Waals surface area contributed by atoms with Crippen LogP contribution in [-0.2, 0) is 19.3 Å². The number of carbonyl (C=O) groups is 1. The number of halogens is 5. The second kappa shape index (κ2) is 9.34. The molecule has 3 unspecified atom stereocenters. The molecule has 1 aliphatic rings. The third-order valence-corrected chi connectivity index (χ3v) is 7.08. The van der Waals surface area contributed by atoms with E-state index in [4.69, 9.17) is 14.3 Å². The standard InChI is InChI=1S/C22H24F5N3O4S/c1-5-33-18-13(6-7-14(23)17(18)24)16-11(2)21(3,22(25,26)27)34-19(16)20(31)30-12-8-9-29-15(10-12)35(4,28)32/h6-11,16,19,28H,5H2,1-4H3,(H,29,30,31)/t11-,16?,19?,21+,35?/m0/s1. The molecule has 2 heterocycles. The van der Waals surface area contributed by atoms with E-state index < -0.39 is 62.7 Å². The Kier molecular flexibility index (Phi) is 7.15. The molecule has 5 atom stereocenters. The highest BCUT2D eigenvalue weighted by Crippen LogP contribution is 2.55. The molecule has 0 radical (unpaired) electrons. The van der Waals surface area contributed by atoms with Gasteiger partial charge in [0.1, 0.15) is 11.1 Å². The Morgan fingerprint density at radius 3 is 2.54 bits per heavy atom. The van der Waals surface area contributed by atoms with Gasteiger partial charge < -0.3 is 14.8 Å².